The summed E-state index contributed by atoms with van der Waals surface area (Å²) in [7, 11) is 0. The van der Waals surface area contributed by atoms with Crippen LogP contribution in [0.4, 0.5) is 24.9 Å². The van der Waals surface area contributed by atoms with E-state index in [1.165, 1.54) is 5.56 Å². The Balaban J connectivity index is 1.79. The van der Waals surface area contributed by atoms with Crippen molar-refractivity contribution in [3.8, 4) is 11.3 Å². The maximum absolute atomic E-state index is 13.4. The van der Waals surface area contributed by atoms with Crippen LogP contribution < -0.4 is 16.4 Å². The average molecular weight is 377 g/mol. The number of hydrogen-bond donors (Lipinski definition) is 2. The number of aromatic nitrogens is 2. The highest BCUT2D eigenvalue weighted by atomic mass is 19.4. The van der Waals surface area contributed by atoms with Gasteiger partial charge in [0.25, 0.3) is 0 Å². The molecule has 0 saturated carbocycles. The Labute approximate surface area is 155 Å². The van der Waals surface area contributed by atoms with Crippen molar-refractivity contribution in [1.29, 1.82) is 0 Å². The van der Waals surface area contributed by atoms with Gasteiger partial charge in [-0.25, -0.2) is 4.98 Å². The molecule has 0 unspecified atom stereocenters. The Morgan fingerprint density at radius 1 is 1.11 bits per heavy atom. The number of nitrogen functional groups attached to an aromatic ring is 1. The van der Waals surface area contributed by atoms with Gasteiger partial charge in [-0.3, -0.25) is 0 Å². The molecule has 1 aliphatic heterocycles. The van der Waals surface area contributed by atoms with Crippen LogP contribution in [0.3, 0.4) is 0 Å². The number of anilines is 2. The molecule has 4 N–H and O–H groups in total. The lowest BCUT2D eigenvalue weighted by Gasteiger charge is -2.23. The first-order valence-electron chi connectivity index (χ1n) is 9.15. The zero-order valence-electron chi connectivity index (χ0n) is 14.8. The molecule has 27 heavy (non-hydrogen) atoms. The molecule has 1 aliphatic carbocycles. The highest BCUT2D eigenvalue weighted by molar-refractivity contribution is 5.74. The summed E-state index contributed by atoms with van der Waals surface area (Å²) >= 11 is 0. The van der Waals surface area contributed by atoms with Gasteiger partial charge in [-0.1, -0.05) is 24.3 Å². The summed E-state index contributed by atoms with van der Waals surface area (Å²) in [6.45, 7) is 0.0768. The molecular formula is C19H22F3N5. The van der Waals surface area contributed by atoms with E-state index < -0.39 is 18.0 Å². The van der Waals surface area contributed by atoms with E-state index in [1.807, 2.05) is 18.2 Å². The minimum absolute atomic E-state index is 0.00767. The molecule has 1 saturated heterocycles. The fraction of sp³-hybridized carbons (Fsp3) is 0.474. The number of nitrogens with zero attached hydrogens (tertiary/aromatic N) is 3. The Morgan fingerprint density at radius 3 is 2.59 bits per heavy atom. The van der Waals surface area contributed by atoms with Gasteiger partial charge < -0.3 is 16.4 Å². The topological polar surface area (TPSA) is 81.1 Å². The van der Waals surface area contributed by atoms with Crippen molar-refractivity contribution in [2.45, 2.75) is 25.4 Å². The van der Waals surface area contributed by atoms with Crippen molar-refractivity contribution in [2.24, 2.45) is 17.6 Å². The SMILES string of the molecule is NC[C@H]1CN(c2nc(N)nc3c2CCCc2ccccc2-3)C[C@@H]1C(F)(F)F. The standard InChI is InChI=1S/C19H22F3N5/c20-19(21,22)15-10-27(9-12(15)8-23)17-14-7-3-5-11-4-1-2-6-13(11)16(14)25-18(24)26-17/h1-2,4,6,12,15H,3,5,7-10,23H2,(H2,24,25,26)/t12-,15-/m0/s1. The summed E-state index contributed by atoms with van der Waals surface area (Å²) in [4.78, 5) is 10.5. The van der Waals surface area contributed by atoms with Gasteiger partial charge in [0, 0.05) is 30.1 Å². The molecule has 1 aromatic heterocycles. The average Bonchev–Trinajstić information content (AvgIpc) is 2.99. The fourth-order valence-electron chi connectivity index (χ4n) is 4.28. The maximum Gasteiger partial charge on any atom is 0.393 e. The Hall–Kier alpha value is -2.35. The molecular weight excluding hydrogens is 355 g/mol. The van der Waals surface area contributed by atoms with Gasteiger partial charge in [0.15, 0.2) is 0 Å². The predicted molar refractivity (Wildman–Crippen MR) is 98.2 cm³/mol. The van der Waals surface area contributed by atoms with Gasteiger partial charge in [-0.2, -0.15) is 18.2 Å². The third kappa shape index (κ3) is 3.22. The van der Waals surface area contributed by atoms with Crippen molar-refractivity contribution in [3.63, 3.8) is 0 Å². The van der Waals surface area contributed by atoms with E-state index in [1.54, 1.807) is 4.90 Å². The van der Waals surface area contributed by atoms with Crippen molar-refractivity contribution in [1.82, 2.24) is 9.97 Å². The normalized spacial score (nSPS) is 22.3. The van der Waals surface area contributed by atoms with Gasteiger partial charge in [0.05, 0.1) is 11.6 Å². The van der Waals surface area contributed by atoms with E-state index in [0.29, 0.717) is 12.2 Å². The number of fused-ring (bicyclic) bond motifs is 3. The summed E-state index contributed by atoms with van der Waals surface area (Å²) in [5.74, 6) is -1.48. The third-order valence-corrected chi connectivity index (χ3v) is 5.61. The van der Waals surface area contributed by atoms with Crippen LogP contribution in [0.2, 0.25) is 0 Å². The molecule has 5 nitrogen and oxygen atoms in total. The van der Waals surface area contributed by atoms with Crippen LogP contribution in [-0.2, 0) is 12.8 Å². The van der Waals surface area contributed by atoms with Crippen molar-refractivity contribution < 1.29 is 13.2 Å². The minimum Gasteiger partial charge on any atom is -0.368 e. The number of benzene rings is 1. The molecule has 1 aromatic carbocycles. The summed E-state index contributed by atoms with van der Waals surface area (Å²) in [6, 6.07) is 7.96. The molecule has 2 aliphatic rings. The second-order valence-corrected chi connectivity index (χ2v) is 7.29. The molecule has 0 radical (unpaired) electrons. The summed E-state index contributed by atoms with van der Waals surface area (Å²) < 4.78 is 40.3. The van der Waals surface area contributed by atoms with Crippen LogP contribution in [-0.4, -0.2) is 35.8 Å². The van der Waals surface area contributed by atoms with E-state index >= 15 is 0 Å². The van der Waals surface area contributed by atoms with Gasteiger partial charge in [-0.15, -0.1) is 0 Å². The van der Waals surface area contributed by atoms with Crippen LogP contribution in [0.5, 0.6) is 0 Å². The van der Waals surface area contributed by atoms with Crippen LogP contribution in [0, 0.1) is 11.8 Å². The molecule has 2 aromatic rings. The van der Waals surface area contributed by atoms with Crippen LogP contribution in [0.25, 0.3) is 11.3 Å². The van der Waals surface area contributed by atoms with Crippen LogP contribution in [0.1, 0.15) is 17.5 Å². The monoisotopic (exact) mass is 377 g/mol. The van der Waals surface area contributed by atoms with Crippen molar-refractivity contribution >= 4 is 11.8 Å². The minimum atomic E-state index is -4.28. The molecule has 2 atom stereocenters. The van der Waals surface area contributed by atoms with Crippen LogP contribution in [0.15, 0.2) is 24.3 Å². The lowest BCUT2D eigenvalue weighted by Crippen LogP contribution is -2.33. The predicted octanol–water partition coefficient (Wildman–Crippen LogP) is 2.79. The highest BCUT2D eigenvalue weighted by Gasteiger charge is 2.49. The van der Waals surface area contributed by atoms with Gasteiger partial charge in [0.1, 0.15) is 5.82 Å². The Morgan fingerprint density at radius 2 is 1.89 bits per heavy atom. The molecule has 1 fully saturated rings. The molecule has 2 heterocycles. The maximum atomic E-state index is 13.4. The van der Waals surface area contributed by atoms with Crippen molar-refractivity contribution in [3.05, 3.63) is 35.4 Å². The van der Waals surface area contributed by atoms with E-state index in [-0.39, 0.29) is 25.6 Å². The Bertz CT molecular complexity index is 852. The number of alkyl halides is 3. The van der Waals surface area contributed by atoms with Crippen molar-refractivity contribution in [2.75, 3.05) is 30.3 Å². The highest BCUT2D eigenvalue weighted by Crippen LogP contribution is 2.42. The summed E-state index contributed by atoms with van der Waals surface area (Å²) in [5.41, 5.74) is 15.4. The second kappa shape index (κ2) is 6.67. The fourth-order valence-corrected chi connectivity index (χ4v) is 4.28. The number of aryl methyl sites for hydroxylation is 1. The zero-order chi connectivity index (χ0) is 19.2. The third-order valence-electron chi connectivity index (χ3n) is 5.61. The molecule has 0 bridgehead atoms. The molecule has 0 amide bonds. The van der Waals surface area contributed by atoms with Crippen LogP contribution >= 0.6 is 0 Å². The lowest BCUT2D eigenvalue weighted by molar-refractivity contribution is -0.177. The quantitative estimate of drug-likeness (QED) is 0.841. The molecule has 144 valence electrons. The summed E-state index contributed by atoms with van der Waals surface area (Å²) in [5, 5.41) is 0. The first-order valence-corrected chi connectivity index (χ1v) is 9.15. The molecule has 4 rings (SSSR count). The zero-order valence-corrected chi connectivity index (χ0v) is 14.8. The van der Waals surface area contributed by atoms with E-state index in [0.717, 1.165) is 29.7 Å². The second-order valence-electron chi connectivity index (χ2n) is 7.29. The Kier molecular flexibility index (Phi) is 4.46. The van der Waals surface area contributed by atoms with Gasteiger partial charge in [-0.05, 0) is 31.4 Å². The van der Waals surface area contributed by atoms with E-state index in [9.17, 15) is 13.2 Å². The number of halogens is 3. The smallest absolute Gasteiger partial charge is 0.368 e. The summed E-state index contributed by atoms with van der Waals surface area (Å²) in [6.07, 6.45) is -1.79. The largest absolute Gasteiger partial charge is 0.393 e. The van der Waals surface area contributed by atoms with Gasteiger partial charge in [0.2, 0.25) is 5.95 Å². The number of hydrogen-bond acceptors (Lipinski definition) is 5. The first kappa shape index (κ1) is 18.0. The molecule has 8 heteroatoms. The number of nitrogens with two attached hydrogens (primary N) is 2. The molecule has 0 spiro atoms. The lowest BCUT2D eigenvalue weighted by atomic mass is 9.96. The van der Waals surface area contributed by atoms with Gasteiger partial charge >= 0.3 is 6.18 Å². The van der Waals surface area contributed by atoms with E-state index in [2.05, 4.69) is 16.0 Å². The number of rotatable bonds is 2. The first-order chi connectivity index (χ1) is 12.9. The van der Waals surface area contributed by atoms with E-state index in [4.69, 9.17) is 11.5 Å².